The number of aldehydes is 1. The summed E-state index contributed by atoms with van der Waals surface area (Å²) in [6.07, 6.45) is 2.06. The zero-order valence-corrected chi connectivity index (χ0v) is 19.1. The first-order valence-electron chi connectivity index (χ1n) is 10.5. The third-order valence-electron chi connectivity index (χ3n) is 6.35. The summed E-state index contributed by atoms with van der Waals surface area (Å²) in [6.45, 7) is 7.53. The summed E-state index contributed by atoms with van der Waals surface area (Å²) < 4.78 is 48.4. The molecule has 2 heterocycles. The molecule has 2 aromatic carbocycles. The highest BCUT2D eigenvalue weighted by molar-refractivity contribution is 6.62. The van der Waals surface area contributed by atoms with Gasteiger partial charge in [0.15, 0.2) is 12.1 Å². The monoisotopic (exact) mass is 451 g/mol. The maximum atomic E-state index is 15.6. The van der Waals surface area contributed by atoms with Crippen molar-refractivity contribution in [1.29, 1.82) is 0 Å². The van der Waals surface area contributed by atoms with Crippen LogP contribution in [0.25, 0.3) is 22.4 Å². The minimum Gasteiger partial charge on any atom is -0.496 e. The van der Waals surface area contributed by atoms with Crippen LogP contribution in [0, 0.1) is 11.6 Å². The number of nitrogens with zero attached hydrogens (tertiary/aromatic N) is 1. The lowest BCUT2D eigenvalue weighted by molar-refractivity contribution is 0.00578. The quantitative estimate of drug-likeness (QED) is 0.412. The van der Waals surface area contributed by atoms with Gasteiger partial charge >= 0.3 is 7.12 Å². The van der Waals surface area contributed by atoms with Crippen LogP contribution in [0.15, 0.2) is 48.7 Å². The first-order chi connectivity index (χ1) is 15.6. The number of hydrogen-bond acceptors (Lipinski definition) is 5. The van der Waals surface area contributed by atoms with Crippen LogP contribution < -0.4 is 10.2 Å². The summed E-state index contributed by atoms with van der Waals surface area (Å²) in [5, 5.41) is 0. The van der Waals surface area contributed by atoms with Crippen molar-refractivity contribution in [2.45, 2.75) is 38.9 Å². The van der Waals surface area contributed by atoms with E-state index in [1.165, 1.54) is 37.6 Å². The number of methoxy groups -OCH3 is 1. The molecule has 1 aliphatic rings. The smallest absolute Gasteiger partial charge is 0.496 e. The van der Waals surface area contributed by atoms with Gasteiger partial charge in [0, 0.05) is 28.4 Å². The molecule has 0 radical (unpaired) electrons. The summed E-state index contributed by atoms with van der Waals surface area (Å²) >= 11 is 0. The number of benzene rings is 2. The fraction of sp³-hybridized carbons (Fsp3) is 0.280. The fourth-order valence-electron chi connectivity index (χ4n) is 3.72. The molecule has 1 fully saturated rings. The molecule has 0 bridgehead atoms. The van der Waals surface area contributed by atoms with Gasteiger partial charge < -0.3 is 14.0 Å². The summed E-state index contributed by atoms with van der Waals surface area (Å²) in [4.78, 5) is 15.3. The molecule has 0 spiro atoms. The first-order valence-corrected chi connectivity index (χ1v) is 10.5. The lowest BCUT2D eigenvalue weighted by Gasteiger charge is -2.32. The molecule has 1 aromatic heterocycles. The highest BCUT2D eigenvalue weighted by Crippen LogP contribution is 2.38. The van der Waals surface area contributed by atoms with E-state index in [1.54, 1.807) is 18.2 Å². The molecule has 1 saturated heterocycles. The van der Waals surface area contributed by atoms with E-state index in [2.05, 4.69) is 4.98 Å². The SMILES string of the molecule is COc1cc(-c2nccc(-c3cccc(B4OC(C)(C)C(C)(C)O4)c3F)c2F)ccc1C=O. The van der Waals surface area contributed by atoms with E-state index in [1.807, 2.05) is 27.7 Å². The van der Waals surface area contributed by atoms with Crippen molar-refractivity contribution in [3.05, 3.63) is 65.9 Å². The van der Waals surface area contributed by atoms with E-state index in [0.29, 0.717) is 23.2 Å². The van der Waals surface area contributed by atoms with Gasteiger partial charge in [0.05, 0.1) is 23.9 Å². The Morgan fingerprint density at radius 1 is 0.970 bits per heavy atom. The van der Waals surface area contributed by atoms with Gasteiger partial charge in [0.2, 0.25) is 0 Å². The van der Waals surface area contributed by atoms with Crippen LogP contribution in [-0.4, -0.2) is 36.7 Å². The molecule has 0 unspecified atom stereocenters. The van der Waals surface area contributed by atoms with E-state index in [4.69, 9.17) is 14.0 Å². The predicted octanol–water partition coefficient (Wildman–Crippen LogP) is 4.81. The second-order valence-electron chi connectivity index (χ2n) is 8.89. The Morgan fingerprint density at radius 3 is 2.27 bits per heavy atom. The van der Waals surface area contributed by atoms with Gasteiger partial charge in [-0.3, -0.25) is 9.78 Å². The molecule has 5 nitrogen and oxygen atoms in total. The van der Waals surface area contributed by atoms with Gasteiger partial charge in [0.1, 0.15) is 17.3 Å². The van der Waals surface area contributed by atoms with Crippen molar-refractivity contribution in [2.75, 3.05) is 7.11 Å². The van der Waals surface area contributed by atoms with Crippen LogP contribution in [-0.2, 0) is 9.31 Å². The van der Waals surface area contributed by atoms with Gasteiger partial charge in [-0.15, -0.1) is 0 Å². The molecule has 4 rings (SSSR count). The molecule has 0 atom stereocenters. The second kappa shape index (κ2) is 8.35. The van der Waals surface area contributed by atoms with Crippen LogP contribution in [0.1, 0.15) is 38.1 Å². The number of rotatable bonds is 5. The van der Waals surface area contributed by atoms with Gasteiger partial charge in [-0.05, 0) is 45.9 Å². The number of carbonyl (C=O) groups excluding carboxylic acids is 1. The van der Waals surface area contributed by atoms with Crippen molar-refractivity contribution in [3.8, 4) is 28.1 Å². The standard InChI is InChI=1S/C25H24BF2NO4/c1-24(2)25(3,4)33-26(32-24)19-8-6-7-17(21(19)27)18-11-12-29-23(22(18)28)15-9-10-16(14-30)20(13-15)31-5/h6-14H,1-5H3. The Bertz CT molecular complexity index is 1210. The molecule has 0 aliphatic carbocycles. The molecule has 1 aliphatic heterocycles. The molecule has 33 heavy (non-hydrogen) atoms. The third-order valence-corrected chi connectivity index (χ3v) is 6.35. The first kappa shape index (κ1) is 23.1. The van der Waals surface area contributed by atoms with Crippen LogP contribution in [0.4, 0.5) is 8.78 Å². The van der Waals surface area contributed by atoms with Crippen LogP contribution >= 0.6 is 0 Å². The average Bonchev–Trinajstić information content (AvgIpc) is 3.00. The Morgan fingerprint density at radius 2 is 1.64 bits per heavy atom. The minimum absolute atomic E-state index is 0.0173. The average molecular weight is 451 g/mol. The van der Waals surface area contributed by atoms with Crippen molar-refractivity contribution < 1.29 is 27.6 Å². The molecule has 0 saturated carbocycles. The van der Waals surface area contributed by atoms with Crippen LogP contribution in [0.5, 0.6) is 5.75 Å². The van der Waals surface area contributed by atoms with Crippen molar-refractivity contribution in [1.82, 2.24) is 4.98 Å². The third kappa shape index (κ3) is 3.94. The van der Waals surface area contributed by atoms with E-state index in [0.717, 1.165) is 0 Å². The van der Waals surface area contributed by atoms with Gasteiger partial charge in [-0.2, -0.15) is 0 Å². The van der Waals surface area contributed by atoms with E-state index in [9.17, 15) is 4.79 Å². The van der Waals surface area contributed by atoms with Crippen LogP contribution in [0.2, 0.25) is 0 Å². The van der Waals surface area contributed by atoms with Crippen LogP contribution in [0.3, 0.4) is 0 Å². The number of halogens is 2. The lowest BCUT2D eigenvalue weighted by Crippen LogP contribution is -2.41. The predicted molar refractivity (Wildman–Crippen MR) is 123 cm³/mol. The van der Waals surface area contributed by atoms with E-state index in [-0.39, 0.29) is 22.3 Å². The maximum Gasteiger partial charge on any atom is 0.497 e. The highest BCUT2D eigenvalue weighted by Gasteiger charge is 2.52. The summed E-state index contributed by atoms with van der Waals surface area (Å²) in [5.74, 6) is -1.02. The van der Waals surface area contributed by atoms with E-state index < -0.39 is 30.0 Å². The summed E-state index contributed by atoms with van der Waals surface area (Å²) in [5.41, 5.74) is -0.207. The number of pyridine rings is 1. The topological polar surface area (TPSA) is 57.6 Å². The molecule has 0 amide bonds. The minimum atomic E-state index is -0.917. The molecule has 170 valence electrons. The molecular formula is C25H24BF2NO4. The van der Waals surface area contributed by atoms with Gasteiger partial charge in [-0.1, -0.05) is 24.3 Å². The number of aromatic nitrogens is 1. The van der Waals surface area contributed by atoms with Crippen molar-refractivity contribution in [2.24, 2.45) is 0 Å². The Balaban J connectivity index is 1.78. The molecule has 8 heteroatoms. The molecule has 3 aromatic rings. The van der Waals surface area contributed by atoms with Gasteiger partial charge in [0.25, 0.3) is 0 Å². The highest BCUT2D eigenvalue weighted by atomic mass is 19.1. The lowest BCUT2D eigenvalue weighted by atomic mass is 9.77. The summed E-state index contributed by atoms with van der Waals surface area (Å²) in [6, 6.07) is 10.7. The fourth-order valence-corrected chi connectivity index (χ4v) is 3.72. The Labute approximate surface area is 191 Å². The number of carbonyl (C=O) groups is 1. The zero-order chi connectivity index (χ0) is 24.0. The number of hydrogen-bond donors (Lipinski definition) is 0. The summed E-state index contributed by atoms with van der Waals surface area (Å²) in [7, 11) is 0.502. The second-order valence-corrected chi connectivity index (χ2v) is 8.89. The number of ether oxygens (including phenoxy) is 1. The van der Waals surface area contributed by atoms with Crippen molar-refractivity contribution in [3.63, 3.8) is 0 Å². The Kier molecular flexibility index (Phi) is 5.84. The molecular weight excluding hydrogens is 427 g/mol. The zero-order valence-electron chi connectivity index (χ0n) is 19.1. The maximum absolute atomic E-state index is 15.6. The molecule has 0 N–H and O–H groups in total. The van der Waals surface area contributed by atoms with Gasteiger partial charge in [-0.25, -0.2) is 8.78 Å². The normalized spacial score (nSPS) is 16.6. The van der Waals surface area contributed by atoms with E-state index >= 15 is 8.78 Å². The van der Waals surface area contributed by atoms with Crippen molar-refractivity contribution >= 4 is 18.9 Å². The largest absolute Gasteiger partial charge is 0.497 e. The Hall–Kier alpha value is -3.10.